The lowest BCUT2D eigenvalue weighted by Gasteiger charge is -2.29. The number of benzene rings is 2. The summed E-state index contributed by atoms with van der Waals surface area (Å²) >= 11 is 6.23. The highest BCUT2D eigenvalue weighted by atomic mass is 35.5. The predicted octanol–water partition coefficient (Wildman–Crippen LogP) is 4.96. The molecule has 4 aromatic rings. The normalized spacial score (nSPS) is 19.9. The molecule has 0 radical (unpaired) electrons. The van der Waals surface area contributed by atoms with Crippen molar-refractivity contribution >= 4 is 34.2 Å². The number of anilines is 1. The van der Waals surface area contributed by atoms with E-state index in [9.17, 15) is 4.79 Å². The molecule has 1 amide bonds. The number of ether oxygens (including phenoxy) is 1. The van der Waals surface area contributed by atoms with Crippen LogP contribution in [0.3, 0.4) is 0 Å². The number of carbonyl (C=O) groups is 1. The molecule has 35 heavy (non-hydrogen) atoms. The highest BCUT2D eigenvalue weighted by Crippen LogP contribution is 2.45. The van der Waals surface area contributed by atoms with E-state index < -0.39 is 0 Å². The number of carbonyl (C=O) groups excluding carboxylic acids is 1. The average molecular weight is 491 g/mol. The van der Waals surface area contributed by atoms with Gasteiger partial charge in [0.05, 0.1) is 17.8 Å². The van der Waals surface area contributed by atoms with E-state index in [1.165, 1.54) is 0 Å². The molecule has 1 saturated heterocycles. The lowest BCUT2D eigenvalue weighted by atomic mass is 10.0. The Hall–Kier alpha value is -3.23. The Morgan fingerprint density at radius 2 is 1.94 bits per heavy atom. The van der Waals surface area contributed by atoms with Crippen LogP contribution >= 0.6 is 11.6 Å². The summed E-state index contributed by atoms with van der Waals surface area (Å²) in [7, 11) is 1.86. The minimum Gasteiger partial charge on any atom is -0.381 e. The molecule has 0 bridgehead atoms. The van der Waals surface area contributed by atoms with Crippen molar-refractivity contribution in [2.24, 2.45) is 7.05 Å². The fraction of sp³-hybridized carbons (Fsp3) is 0.385. The van der Waals surface area contributed by atoms with Crippen molar-refractivity contribution in [1.82, 2.24) is 24.5 Å². The molecule has 4 heterocycles. The number of hydrogen-bond donors (Lipinski definition) is 0. The summed E-state index contributed by atoms with van der Waals surface area (Å²) in [5, 5.41) is 9.11. The lowest BCUT2D eigenvalue weighted by molar-refractivity contribution is 0.0989. The van der Waals surface area contributed by atoms with Crippen LogP contribution in [0.4, 0.5) is 5.69 Å². The molecule has 0 aliphatic carbocycles. The summed E-state index contributed by atoms with van der Waals surface area (Å²) in [6.45, 7) is 7.64. The van der Waals surface area contributed by atoms with Crippen LogP contribution in [-0.2, 0) is 11.8 Å². The quantitative estimate of drug-likeness (QED) is 0.404. The molecule has 8 nitrogen and oxygen atoms in total. The van der Waals surface area contributed by atoms with Gasteiger partial charge >= 0.3 is 0 Å². The smallest absolute Gasteiger partial charge is 0.279 e. The van der Waals surface area contributed by atoms with Gasteiger partial charge < -0.3 is 9.30 Å². The fourth-order valence-corrected chi connectivity index (χ4v) is 5.57. The highest BCUT2D eigenvalue weighted by Gasteiger charge is 2.45. The topological polar surface area (TPSA) is 78.1 Å². The van der Waals surface area contributed by atoms with Crippen molar-refractivity contribution < 1.29 is 9.53 Å². The number of aryl methyl sites for hydroxylation is 2. The van der Waals surface area contributed by atoms with Crippen LogP contribution in [0.5, 0.6) is 0 Å². The standard InChI is InChI=1S/C26H27ClN6O2/c1-14(2)32-24-22(28-25(32)17-9-10-35-13-17)26(34)33(23(24)16-5-7-18(27)8-6-16)19-11-15(3)21-20(12-19)31(4)30-29-21/h5-8,11-12,14,17,23H,9-10,13H2,1-4H3/t17?,23-/m0/s1. The van der Waals surface area contributed by atoms with Gasteiger partial charge in [-0.3, -0.25) is 9.69 Å². The molecule has 0 saturated carbocycles. The third-order valence-corrected chi connectivity index (χ3v) is 7.33. The molecule has 9 heteroatoms. The van der Waals surface area contributed by atoms with Crippen LogP contribution in [0, 0.1) is 6.92 Å². The predicted molar refractivity (Wildman–Crippen MR) is 134 cm³/mol. The van der Waals surface area contributed by atoms with Gasteiger partial charge in [0.25, 0.3) is 5.91 Å². The minimum absolute atomic E-state index is 0.103. The second kappa shape index (κ2) is 8.17. The van der Waals surface area contributed by atoms with E-state index in [0.29, 0.717) is 17.3 Å². The number of aromatic nitrogens is 5. The van der Waals surface area contributed by atoms with Crippen LogP contribution in [0.2, 0.25) is 5.02 Å². The van der Waals surface area contributed by atoms with Crippen LogP contribution in [0.25, 0.3) is 11.0 Å². The SMILES string of the molecule is Cc1cc(N2C(=O)c3nc(C4CCOC4)n(C(C)C)c3[C@@H]2c2ccc(Cl)cc2)cc2c1nnn2C. The van der Waals surface area contributed by atoms with Crippen LogP contribution in [0.15, 0.2) is 36.4 Å². The molecule has 1 unspecified atom stereocenters. The molecule has 2 aliphatic heterocycles. The Bertz CT molecular complexity index is 1450. The van der Waals surface area contributed by atoms with Crippen molar-refractivity contribution in [2.45, 2.75) is 45.2 Å². The summed E-state index contributed by atoms with van der Waals surface area (Å²) in [4.78, 5) is 20.9. The molecular formula is C26H27ClN6O2. The fourth-order valence-electron chi connectivity index (χ4n) is 5.44. The van der Waals surface area contributed by atoms with Crippen LogP contribution in [0.1, 0.15) is 71.4 Å². The first-order valence-electron chi connectivity index (χ1n) is 11.9. The summed E-state index contributed by atoms with van der Waals surface area (Å²) in [5.41, 5.74) is 5.90. The van der Waals surface area contributed by atoms with E-state index >= 15 is 0 Å². The average Bonchev–Trinajstić information content (AvgIpc) is 3.59. The molecular weight excluding hydrogens is 464 g/mol. The zero-order chi connectivity index (χ0) is 24.4. The van der Waals surface area contributed by atoms with E-state index in [1.54, 1.807) is 4.68 Å². The molecule has 2 aliphatic rings. The number of halogens is 1. The number of nitrogens with zero attached hydrogens (tertiary/aromatic N) is 6. The van der Waals surface area contributed by atoms with E-state index in [-0.39, 0.29) is 23.9 Å². The molecule has 0 spiro atoms. The first-order chi connectivity index (χ1) is 16.8. The van der Waals surface area contributed by atoms with Gasteiger partial charge in [-0.15, -0.1) is 5.10 Å². The first-order valence-corrected chi connectivity index (χ1v) is 12.3. The van der Waals surface area contributed by atoms with Gasteiger partial charge in [0.15, 0.2) is 5.69 Å². The molecule has 6 rings (SSSR count). The summed E-state index contributed by atoms with van der Waals surface area (Å²) in [6, 6.07) is 11.5. The third kappa shape index (κ3) is 3.38. The largest absolute Gasteiger partial charge is 0.381 e. The van der Waals surface area contributed by atoms with Crippen molar-refractivity contribution in [3.63, 3.8) is 0 Å². The van der Waals surface area contributed by atoms with Gasteiger partial charge in [0.2, 0.25) is 0 Å². The van der Waals surface area contributed by atoms with Crippen molar-refractivity contribution in [2.75, 3.05) is 18.1 Å². The highest BCUT2D eigenvalue weighted by molar-refractivity contribution is 6.30. The molecule has 2 atom stereocenters. The van der Waals surface area contributed by atoms with Crippen molar-refractivity contribution in [1.29, 1.82) is 0 Å². The summed E-state index contributed by atoms with van der Waals surface area (Å²) in [6.07, 6.45) is 0.912. The second-order valence-corrected chi connectivity index (χ2v) is 10.1. The van der Waals surface area contributed by atoms with E-state index in [1.807, 2.05) is 55.3 Å². The number of rotatable bonds is 4. The molecule has 0 N–H and O–H groups in total. The van der Waals surface area contributed by atoms with Crippen LogP contribution < -0.4 is 4.90 Å². The van der Waals surface area contributed by atoms with Gasteiger partial charge in [-0.25, -0.2) is 9.67 Å². The number of hydrogen-bond acceptors (Lipinski definition) is 5. The molecule has 1 fully saturated rings. The number of amides is 1. The van der Waals surface area contributed by atoms with E-state index in [0.717, 1.165) is 52.4 Å². The van der Waals surface area contributed by atoms with Gasteiger partial charge in [0, 0.05) is 36.3 Å². The van der Waals surface area contributed by atoms with E-state index in [2.05, 4.69) is 28.7 Å². The van der Waals surface area contributed by atoms with Gasteiger partial charge in [-0.2, -0.15) is 0 Å². The maximum Gasteiger partial charge on any atom is 0.279 e. The van der Waals surface area contributed by atoms with Gasteiger partial charge in [0.1, 0.15) is 17.4 Å². The van der Waals surface area contributed by atoms with Crippen molar-refractivity contribution in [3.05, 3.63) is 69.8 Å². The molecule has 180 valence electrons. The van der Waals surface area contributed by atoms with Crippen LogP contribution in [-0.4, -0.2) is 43.7 Å². The third-order valence-electron chi connectivity index (χ3n) is 7.08. The number of imidazole rings is 1. The lowest BCUT2D eigenvalue weighted by Crippen LogP contribution is -2.31. The Kier molecular flexibility index (Phi) is 5.19. The number of fused-ring (bicyclic) bond motifs is 2. The molecule has 2 aromatic carbocycles. The Morgan fingerprint density at radius 3 is 2.63 bits per heavy atom. The zero-order valence-corrected chi connectivity index (χ0v) is 21.0. The second-order valence-electron chi connectivity index (χ2n) is 9.70. The van der Waals surface area contributed by atoms with E-state index in [4.69, 9.17) is 21.3 Å². The molecule has 2 aromatic heterocycles. The summed E-state index contributed by atoms with van der Waals surface area (Å²) in [5.74, 6) is 1.03. The Morgan fingerprint density at radius 1 is 1.17 bits per heavy atom. The summed E-state index contributed by atoms with van der Waals surface area (Å²) < 4.78 is 9.66. The zero-order valence-electron chi connectivity index (χ0n) is 20.2. The maximum atomic E-state index is 14.1. The Balaban J connectivity index is 1.59. The van der Waals surface area contributed by atoms with Gasteiger partial charge in [-0.05, 0) is 62.6 Å². The minimum atomic E-state index is -0.334. The first kappa shape index (κ1) is 22.2. The monoisotopic (exact) mass is 490 g/mol. The maximum absolute atomic E-state index is 14.1. The van der Waals surface area contributed by atoms with Crippen molar-refractivity contribution in [3.8, 4) is 0 Å². The Labute approximate surface area is 208 Å². The van der Waals surface area contributed by atoms with Gasteiger partial charge in [-0.1, -0.05) is 28.9 Å².